The van der Waals surface area contributed by atoms with E-state index in [4.69, 9.17) is 5.84 Å². The number of hydrogen-bond acceptors (Lipinski definition) is 3. The Labute approximate surface area is 85.4 Å². The summed E-state index contributed by atoms with van der Waals surface area (Å²) in [5.74, 6) is 5.62. The summed E-state index contributed by atoms with van der Waals surface area (Å²) < 4.78 is 0. The van der Waals surface area contributed by atoms with Gasteiger partial charge in [0.05, 0.1) is 0 Å². The molecule has 0 atom stereocenters. The lowest BCUT2D eigenvalue weighted by molar-refractivity contribution is 0.116. The number of hydrazine groups is 1. The Kier molecular flexibility index (Phi) is 4.16. The molecular formula is C9H20N4O. The van der Waals surface area contributed by atoms with Crippen LogP contribution < -0.4 is 5.84 Å². The normalized spacial score (nSPS) is 18.4. The molecule has 14 heavy (non-hydrogen) atoms. The van der Waals surface area contributed by atoms with Crippen molar-refractivity contribution < 1.29 is 4.79 Å². The fourth-order valence-corrected chi connectivity index (χ4v) is 1.61. The second-order valence-corrected chi connectivity index (χ2v) is 3.48. The lowest BCUT2D eigenvalue weighted by Crippen LogP contribution is -2.54. The van der Waals surface area contributed by atoms with Crippen molar-refractivity contribution in [3.63, 3.8) is 0 Å². The van der Waals surface area contributed by atoms with Gasteiger partial charge in [-0.3, -0.25) is 5.84 Å². The lowest BCUT2D eigenvalue weighted by atomic mass is 10.3. The highest BCUT2D eigenvalue weighted by atomic mass is 16.2. The van der Waals surface area contributed by atoms with Crippen molar-refractivity contribution in [1.29, 1.82) is 0 Å². The van der Waals surface area contributed by atoms with Gasteiger partial charge in [-0.15, -0.1) is 0 Å². The van der Waals surface area contributed by atoms with E-state index in [0.29, 0.717) is 0 Å². The Bertz CT molecular complexity index is 185. The Morgan fingerprint density at radius 3 is 2.14 bits per heavy atom. The van der Waals surface area contributed by atoms with Crippen LogP contribution in [-0.2, 0) is 0 Å². The van der Waals surface area contributed by atoms with Crippen LogP contribution in [0.2, 0.25) is 0 Å². The number of carbonyl (C=O) groups is 1. The predicted octanol–water partition coefficient (Wildman–Crippen LogP) is -0.0605. The molecule has 5 nitrogen and oxygen atoms in total. The minimum absolute atomic E-state index is 0.142. The molecule has 1 rings (SSSR count). The fourth-order valence-electron chi connectivity index (χ4n) is 1.61. The SMILES string of the molecule is CCN(CC)C(=O)N1CCN(N)CC1. The van der Waals surface area contributed by atoms with E-state index in [1.54, 1.807) is 5.01 Å². The number of hydrogen-bond donors (Lipinski definition) is 1. The number of nitrogens with two attached hydrogens (primary N) is 1. The third-order valence-electron chi connectivity index (χ3n) is 2.62. The molecule has 0 aromatic rings. The first-order valence-electron chi connectivity index (χ1n) is 5.22. The summed E-state index contributed by atoms with van der Waals surface area (Å²) in [6.45, 7) is 8.58. The van der Waals surface area contributed by atoms with Crippen molar-refractivity contribution in [2.24, 2.45) is 5.84 Å². The largest absolute Gasteiger partial charge is 0.325 e. The maximum atomic E-state index is 11.9. The highest BCUT2D eigenvalue weighted by Crippen LogP contribution is 2.03. The number of amides is 2. The van der Waals surface area contributed by atoms with Crippen LogP contribution in [0.3, 0.4) is 0 Å². The Morgan fingerprint density at radius 2 is 1.71 bits per heavy atom. The van der Waals surface area contributed by atoms with Crippen LogP contribution in [0.5, 0.6) is 0 Å². The topological polar surface area (TPSA) is 52.8 Å². The number of urea groups is 1. The molecule has 1 saturated heterocycles. The third-order valence-corrected chi connectivity index (χ3v) is 2.62. The molecule has 0 radical (unpaired) electrons. The molecule has 1 aliphatic rings. The summed E-state index contributed by atoms with van der Waals surface area (Å²) in [4.78, 5) is 15.6. The number of nitrogens with zero attached hydrogens (tertiary/aromatic N) is 3. The first-order valence-corrected chi connectivity index (χ1v) is 5.22. The summed E-state index contributed by atoms with van der Waals surface area (Å²) in [7, 11) is 0. The van der Waals surface area contributed by atoms with Gasteiger partial charge in [-0.25, -0.2) is 9.80 Å². The summed E-state index contributed by atoms with van der Waals surface area (Å²) in [5.41, 5.74) is 0. The van der Waals surface area contributed by atoms with Crippen molar-refractivity contribution >= 4 is 6.03 Å². The quantitative estimate of drug-likeness (QED) is 0.635. The van der Waals surface area contributed by atoms with E-state index in [1.807, 2.05) is 23.6 Å². The van der Waals surface area contributed by atoms with Gasteiger partial charge in [0.15, 0.2) is 0 Å². The number of rotatable bonds is 2. The van der Waals surface area contributed by atoms with Crippen molar-refractivity contribution in [3.8, 4) is 0 Å². The average molecular weight is 200 g/mol. The molecule has 0 saturated carbocycles. The van der Waals surface area contributed by atoms with Crippen molar-refractivity contribution in [1.82, 2.24) is 14.8 Å². The van der Waals surface area contributed by atoms with Crippen molar-refractivity contribution in [2.75, 3.05) is 39.3 Å². The van der Waals surface area contributed by atoms with E-state index in [1.165, 1.54) is 0 Å². The van der Waals surface area contributed by atoms with Gasteiger partial charge in [0.1, 0.15) is 0 Å². The monoisotopic (exact) mass is 200 g/mol. The molecule has 82 valence electrons. The average Bonchev–Trinajstić information content (AvgIpc) is 2.20. The van der Waals surface area contributed by atoms with Crippen molar-refractivity contribution in [2.45, 2.75) is 13.8 Å². The highest BCUT2D eigenvalue weighted by molar-refractivity contribution is 5.74. The van der Waals surface area contributed by atoms with Gasteiger partial charge in [-0.05, 0) is 13.8 Å². The zero-order valence-corrected chi connectivity index (χ0v) is 9.07. The molecule has 0 bridgehead atoms. The Balaban J connectivity index is 2.44. The molecule has 0 aromatic heterocycles. The zero-order chi connectivity index (χ0) is 10.6. The van der Waals surface area contributed by atoms with Gasteiger partial charge in [0, 0.05) is 39.3 Å². The minimum atomic E-state index is 0.142. The predicted molar refractivity (Wildman–Crippen MR) is 55.7 cm³/mol. The summed E-state index contributed by atoms with van der Waals surface area (Å²) in [6, 6.07) is 0.142. The van der Waals surface area contributed by atoms with Gasteiger partial charge in [-0.2, -0.15) is 0 Å². The first kappa shape index (κ1) is 11.3. The highest BCUT2D eigenvalue weighted by Gasteiger charge is 2.22. The molecule has 0 unspecified atom stereocenters. The summed E-state index contributed by atoms with van der Waals surface area (Å²) in [6.07, 6.45) is 0. The smallest absolute Gasteiger partial charge is 0.320 e. The van der Waals surface area contributed by atoms with E-state index < -0.39 is 0 Å². The number of carbonyl (C=O) groups excluding carboxylic acids is 1. The molecule has 5 heteroatoms. The van der Waals surface area contributed by atoms with Crippen LogP contribution >= 0.6 is 0 Å². The van der Waals surface area contributed by atoms with Gasteiger partial charge in [0.2, 0.25) is 0 Å². The fraction of sp³-hybridized carbons (Fsp3) is 0.889. The van der Waals surface area contributed by atoms with Gasteiger partial charge >= 0.3 is 6.03 Å². The van der Waals surface area contributed by atoms with Crippen LogP contribution in [-0.4, -0.2) is 60.1 Å². The molecule has 0 spiro atoms. The van der Waals surface area contributed by atoms with Gasteiger partial charge in [-0.1, -0.05) is 0 Å². The first-order chi connectivity index (χ1) is 6.69. The van der Waals surface area contributed by atoms with E-state index >= 15 is 0 Å². The van der Waals surface area contributed by atoms with E-state index in [2.05, 4.69) is 0 Å². The number of piperazine rings is 1. The van der Waals surface area contributed by atoms with E-state index in [9.17, 15) is 4.79 Å². The zero-order valence-electron chi connectivity index (χ0n) is 9.07. The molecule has 2 amide bonds. The van der Waals surface area contributed by atoms with Crippen LogP contribution in [0.25, 0.3) is 0 Å². The molecule has 1 fully saturated rings. The summed E-state index contributed by atoms with van der Waals surface area (Å²) >= 11 is 0. The maximum Gasteiger partial charge on any atom is 0.320 e. The standard InChI is InChI=1S/C9H20N4O/c1-3-11(4-2)9(14)12-5-7-13(10)8-6-12/h3-8,10H2,1-2H3. The molecular weight excluding hydrogens is 180 g/mol. The van der Waals surface area contributed by atoms with Crippen LogP contribution in [0.4, 0.5) is 4.79 Å². The van der Waals surface area contributed by atoms with Gasteiger partial charge in [0.25, 0.3) is 0 Å². The van der Waals surface area contributed by atoms with Crippen molar-refractivity contribution in [3.05, 3.63) is 0 Å². The second kappa shape index (κ2) is 5.17. The maximum absolute atomic E-state index is 11.9. The minimum Gasteiger partial charge on any atom is -0.325 e. The van der Waals surface area contributed by atoms with Crippen LogP contribution in [0.15, 0.2) is 0 Å². The Hall–Kier alpha value is -0.810. The van der Waals surface area contributed by atoms with Crippen LogP contribution in [0, 0.1) is 0 Å². The van der Waals surface area contributed by atoms with Crippen LogP contribution in [0.1, 0.15) is 13.8 Å². The molecule has 1 heterocycles. The molecule has 0 aromatic carbocycles. The Morgan fingerprint density at radius 1 is 1.21 bits per heavy atom. The molecule has 1 aliphatic heterocycles. The van der Waals surface area contributed by atoms with E-state index in [0.717, 1.165) is 39.3 Å². The molecule has 2 N–H and O–H groups in total. The third kappa shape index (κ3) is 2.59. The summed E-state index contributed by atoms with van der Waals surface area (Å²) in [5, 5.41) is 1.76. The van der Waals surface area contributed by atoms with E-state index in [-0.39, 0.29) is 6.03 Å². The molecule has 0 aliphatic carbocycles. The second-order valence-electron chi connectivity index (χ2n) is 3.48. The lowest BCUT2D eigenvalue weighted by Gasteiger charge is -2.35. The van der Waals surface area contributed by atoms with Gasteiger partial charge < -0.3 is 9.80 Å².